The first kappa shape index (κ1) is 14.1. The minimum Gasteiger partial charge on any atom is -0.298 e. The molecule has 2 aromatic heterocycles. The van der Waals surface area contributed by atoms with Crippen molar-refractivity contribution >= 4 is 67.3 Å². The van der Waals surface area contributed by atoms with Crippen molar-refractivity contribution in [2.24, 2.45) is 0 Å². The molecule has 21 heavy (non-hydrogen) atoms. The van der Waals surface area contributed by atoms with Crippen LogP contribution in [0, 0.1) is 0 Å². The molecular formula is C14H10N2O2S3. The van der Waals surface area contributed by atoms with Crippen LogP contribution in [0.3, 0.4) is 0 Å². The number of hydrogen-bond donors (Lipinski definition) is 1. The van der Waals surface area contributed by atoms with E-state index < -0.39 is 5.91 Å². The fraction of sp³-hybridized carbons (Fsp3) is 0.0714. The number of carbonyl (C=O) groups excluding carboxylic acids is 2. The highest BCUT2D eigenvalue weighted by atomic mass is 32.2. The summed E-state index contributed by atoms with van der Waals surface area (Å²) in [5.74, 6) is -0.845. The lowest BCUT2D eigenvalue weighted by Crippen LogP contribution is -2.53. The first-order chi connectivity index (χ1) is 10.1. The molecule has 3 rings (SSSR count). The summed E-state index contributed by atoms with van der Waals surface area (Å²) in [6, 6.07) is 3.98. The zero-order valence-electron chi connectivity index (χ0n) is 10.8. The molecule has 1 aliphatic rings. The lowest BCUT2D eigenvalue weighted by Gasteiger charge is -2.27. The van der Waals surface area contributed by atoms with Crippen LogP contribution in [0.5, 0.6) is 0 Å². The Morgan fingerprint density at radius 3 is 2.95 bits per heavy atom. The van der Waals surface area contributed by atoms with Gasteiger partial charge in [-0.25, -0.2) is 0 Å². The van der Waals surface area contributed by atoms with Crippen molar-refractivity contribution in [3.05, 3.63) is 40.6 Å². The Morgan fingerprint density at radius 1 is 1.43 bits per heavy atom. The molecule has 2 aromatic rings. The SMILES string of the molecule is C=CCN1C(=O)C(=Cc2cc3ccsc3s2)C(=O)NC1=S. The number of rotatable bonds is 3. The second-order valence-corrected chi connectivity index (χ2v) is 6.98. The summed E-state index contributed by atoms with van der Waals surface area (Å²) < 4.78 is 1.17. The lowest BCUT2D eigenvalue weighted by atomic mass is 10.1. The number of amides is 2. The Morgan fingerprint density at radius 2 is 2.24 bits per heavy atom. The lowest BCUT2D eigenvalue weighted by molar-refractivity contribution is -0.128. The van der Waals surface area contributed by atoms with Gasteiger partial charge in [-0.2, -0.15) is 0 Å². The topological polar surface area (TPSA) is 49.4 Å². The van der Waals surface area contributed by atoms with Crippen LogP contribution < -0.4 is 5.32 Å². The van der Waals surface area contributed by atoms with Crippen molar-refractivity contribution in [1.82, 2.24) is 10.2 Å². The summed E-state index contributed by atoms with van der Waals surface area (Å²) in [6.45, 7) is 3.86. The second kappa shape index (κ2) is 5.51. The quantitative estimate of drug-likeness (QED) is 0.406. The summed E-state index contributed by atoms with van der Waals surface area (Å²) in [5.41, 5.74) is 0.0966. The molecule has 0 spiro atoms. The minimum absolute atomic E-state index is 0.0966. The van der Waals surface area contributed by atoms with E-state index in [4.69, 9.17) is 12.2 Å². The minimum atomic E-state index is -0.456. The van der Waals surface area contributed by atoms with Crippen LogP contribution in [0.4, 0.5) is 0 Å². The van der Waals surface area contributed by atoms with Gasteiger partial charge in [-0.05, 0) is 35.8 Å². The smallest absolute Gasteiger partial charge is 0.265 e. The van der Waals surface area contributed by atoms with Crippen LogP contribution in [-0.2, 0) is 9.59 Å². The molecule has 0 aliphatic carbocycles. The zero-order chi connectivity index (χ0) is 15.0. The molecule has 1 saturated heterocycles. The van der Waals surface area contributed by atoms with Gasteiger partial charge in [-0.1, -0.05) is 6.08 Å². The summed E-state index contributed by atoms with van der Waals surface area (Å²) in [7, 11) is 0. The molecule has 0 saturated carbocycles. The van der Waals surface area contributed by atoms with Gasteiger partial charge in [0, 0.05) is 16.8 Å². The third-order valence-electron chi connectivity index (χ3n) is 2.95. The van der Waals surface area contributed by atoms with Gasteiger partial charge < -0.3 is 0 Å². The number of fused-ring (bicyclic) bond motifs is 1. The van der Waals surface area contributed by atoms with E-state index in [9.17, 15) is 9.59 Å². The third kappa shape index (κ3) is 2.55. The van der Waals surface area contributed by atoms with Crippen LogP contribution in [0.25, 0.3) is 15.5 Å². The van der Waals surface area contributed by atoms with Crippen molar-refractivity contribution in [3.8, 4) is 0 Å². The van der Waals surface area contributed by atoms with Crippen LogP contribution >= 0.6 is 34.9 Å². The van der Waals surface area contributed by atoms with E-state index in [2.05, 4.69) is 11.9 Å². The molecule has 0 aromatic carbocycles. The normalized spacial score (nSPS) is 17.6. The number of nitrogens with zero attached hydrogens (tertiary/aromatic N) is 1. The molecule has 1 aliphatic heterocycles. The third-order valence-corrected chi connectivity index (χ3v) is 5.43. The standard InChI is InChI=1S/C14H10N2O2S3/c1-2-4-16-12(18)10(11(17)15-14(16)19)7-9-6-8-3-5-20-13(8)21-9/h2-3,5-7H,1,4H2,(H,15,17,19). The molecule has 2 amide bonds. The van der Waals surface area contributed by atoms with Crippen molar-refractivity contribution < 1.29 is 9.59 Å². The maximum absolute atomic E-state index is 12.4. The summed E-state index contributed by atoms with van der Waals surface area (Å²) in [4.78, 5) is 26.6. The molecule has 0 radical (unpaired) electrons. The Bertz CT molecular complexity index is 772. The summed E-state index contributed by atoms with van der Waals surface area (Å²) in [5, 5.41) is 5.79. The number of nitrogens with one attached hydrogen (secondary N) is 1. The van der Waals surface area contributed by atoms with Gasteiger partial charge in [-0.3, -0.25) is 19.8 Å². The van der Waals surface area contributed by atoms with Crippen molar-refractivity contribution in [3.63, 3.8) is 0 Å². The van der Waals surface area contributed by atoms with Crippen molar-refractivity contribution in [2.45, 2.75) is 0 Å². The fourth-order valence-corrected chi connectivity index (χ4v) is 4.31. The van der Waals surface area contributed by atoms with Crippen LogP contribution in [0.1, 0.15) is 4.88 Å². The van der Waals surface area contributed by atoms with E-state index in [-0.39, 0.29) is 23.1 Å². The van der Waals surface area contributed by atoms with Crippen LogP contribution in [0.2, 0.25) is 0 Å². The average Bonchev–Trinajstić information content (AvgIpc) is 3.00. The number of carbonyl (C=O) groups is 2. The van der Waals surface area contributed by atoms with E-state index >= 15 is 0 Å². The Balaban J connectivity index is 1.98. The monoisotopic (exact) mass is 334 g/mol. The molecule has 0 bridgehead atoms. The van der Waals surface area contributed by atoms with E-state index in [1.807, 2.05) is 17.5 Å². The number of hydrogen-bond acceptors (Lipinski definition) is 5. The van der Waals surface area contributed by atoms with Gasteiger partial charge in [0.25, 0.3) is 11.8 Å². The fourth-order valence-electron chi connectivity index (χ4n) is 1.99. The summed E-state index contributed by atoms with van der Waals surface area (Å²) in [6.07, 6.45) is 3.19. The largest absolute Gasteiger partial charge is 0.298 e. The maximum Gasteiger partial charge on any atom is 0.265 e. The second-order valence-electron chi connectivity index (χ2n) is 4.33. The van der Waals surface area contributed by atoms with Gasteiger partial charge in [0.15, 0.2) is 5.11 Å². The molecule has 0 unspecified atom stereocenters. The molecule has 7 heteroatoms. The van der Waals surface area contributed by atoms with Gasteiger partial charge in [0.2, 0.25) is 0 Å². The molecule has 106 valence electrons. The Kier molecular flexibility index (Phi) is 3.71. The Labute approximate surface area is 134 Å². The van der Waals surface area contributed by atoms with Crippen LogP contribution in [0.15, 0.2) is 35.7 Å². The molecular weight excluding hydrogens is 324 g/mol. The van der Waals surface area contributed by atoms with E-state index in [1.165, 1.54) is 8.91 Å². The molecule has 3 heterocycles. The number of thiocarbonyl (C=S) groups is 1. The number of thiophene rings is 2. The molecule has 4 nitrogen and oxygen atoms in total. The van der Waals surface area contributed by atoms with E-state index in [0.29, 0.717) is 0 Å². The molecule has 1 fully saturated rings. The van der Waals surface area contributed by atoms with E-state index in [1.54, 1.807) is 34.8 Å². The highest BCUT2D eigenvalue weighted by Crippen LogP contribution is 2.32. The molecule has 0 atom stereocenters. The highest BCUT2D eigenvalue weighted by Gasteiger charge is 2.32. The van der Waals surface area contributed by atoms with Gasteiger partial charge in [-0.15, -0.1) is 29.3 Å². The van der Waals surface area contributed by atoms with Crippen molar-refractivity contribution in [2.75, 3.05) is 6.54 Å². The zero-order valence-corrected chi connectivity index (χ0v) is 13.2. The predicted octanol–water partition coefficient (Wildman–Crippen LogP) is 2.78. The van der Waals surface area contributed by atoms with E-state index in [0.717, 1.165) is 10.3 Å². The first-order valence-electron chi connectivity index (χ1n) is 6.07. The predicted molar refractivity (Wildman–Crippen MR) is 90.3 cm³/mol. The molecule has 1 N–H and O–H groups in total. The van der Waals surface area contributed by atoms with Crippen LogP contribution in [-0.4, -0.2) is 28.4 Å². The van der Waals surface area contributed by atoms with Gasteiger partial charge >= 0.3 is 0 Å². The first-order valence-corrected chi connectivity index (χ1v) is 8.17. The maximum atomic E-state index is 12.4. The Hall–Kier alpha value is -1.83. The summed E-state index contributed by atoms with van der Waals surface area (Å²) >= 11 is 8.20. The average molecular weight is 334 g/mol. The van der Waals surface area contributed by atoms with Crippen molar-refractivity contribution in [1.29, 1.82) is 0 Å². The highest BCUT2D eigenvalue weighted by molar-refractivity contribution is 7.80. The van der Waals surface area contributed by atoms with Gasteiger partial charge in [0.05, 0.1) is 4.01 Å². The van der Waals surface area contributed by atoms with Gasteiger partial charge in [0.1, 0.15) is 5.57 Å².